The third-order valence-corrected chi connectivity index (χ3v) is 2.46. The van der Waals surface area contributed by atoms with Crippen molar-refractivity contribution in [3.63, 3.8) is 0 Å². The second-order valence-electron chi connectivity index (χ2n) is 3.27. The van der Waals surface area contributed by atoms with E-state index in [-0.39, 0.29) is 5.92 Å². The van der Waals surface area contributed by atoms with Crippen LogP contribution in [0.5, 0.6) is 0 Å². The number of aromatic nitrogens is 2. The fourth-order valence-electron chi connectivity index (χ4n) is 1.68. The minimum absolute atomic E-state index is 0.232. The Balaban J connectivity index is 2.20. The number of fused-ring (bicyclic) bond motifs is 1. The average molecular weight is 164 g/mol. The van der Waals surface area contributed by atoms with Gasteiger partial charge in [0.25, 0.3) is 0 Å². The standard InChI is InChI=1S/C8H12N4/c9-8(10)5-1-2-7-6(3-5)4-11-12-7/h4-5H,1-3H2,(H3,9,10)(H,11,12)/t5-/m0/s1. The summed E-state index contributed by atoms with van der Waals surface area (Å²) in [5.74, 6) is 0.539. The van der Waals surface area contributed by atoms with Gasteiger partial charge in [-0.25, -0.2) is 0 Å². The summed E-state index contributed by atoms with van der Waals surface area (Å²) < 4.78 is 0. The molecule has 0 spiro atoms. The molecule has 1 aliphatic rings. The van der Waals surface area contributed by atoms with Gasteiger partial charge in [-0.2, -0.15) is 5.10 Å². The number of hydrogen-bond donors (Lipinski definition) is 3. The summed E-state index contributed by atoms with van der Waals surface area (Å²) >= 11 is 0. The van der Waals surface area contributed by atoms with E-state index in [1.807, 2.05) is 6.20 Å². The summed E-state index contributed by atoms with van der Waals surface area (Å²) in [5, 5.41) is 14.2. The fourth-order valence-corrected chi connectivity index (χ4v) is 1.68. The molecule has 64 valence electrons. The summed E-state index contributed by atoms with van der Waals surface area (Å²) in [4.78, 5) is 0. The first-order valence-electron chi connectivity index (χ1n) is 4.12. The summed E-state index contributed by atoms with van der Waals surface area (Å²) in [6, 6.07) is 0. The van der Waals surface area contributed by atoms with Crippen molar-refractivity contribution < 1.29 is 0 Å². The van der Waals surface area contributed by atoms with Gasteiger partial charge >= 0.3 is 0 Å². The van der Waals surface area contributed by atoms with Crippen molar-refractivity contribution in [3.05, 3.63) is 17.5 Å². The van der Waals surface area contributed by atoms with E-state index >= 15 is 0 Å². The highest BCUT2D eigenvalue weighted by Crippen LogP contribution is 2.23. The van der Waals surface area contributed by atoms with Crippen molar-refractivity contribution in [2.24, 2.45) is 11.7 Å². The molecule has 0 aromatic carbocycles. The fraction of sp³-hybridized carbons (Fsp3) is 0.500. The molecule has 0 amide bonds. The number of nitrogens with one attached hydrogen (secondary N) is 2. The van der Waals surface area contributed by atoms with E-state index in [9.17, 15) is 0 Å². The maximum absolute atomic E-state index is 7.33. The van der Waals surface area contributed by atoms with Crippen molar-refractivity contribution >= 4 is 5.84 Å². The van der Waals surface area contributed by atoms with Crippen LogP contribution in [0.2, 0.25) is 0 Å². The third kappa shape index (κ3) is 1.09. The van der Waals surface area contributed by atoms with Crippen molar-refractivity contribution in [2.75, 3.05) is 0 Å². The van der Waals surface area contributed by atoms with Gasteiger partial charge in [-0.15, -0.1) is 0 Å². The number of nitrogens with zero attached hydrogens (tertiary/aromatic N) is 1. The quantitative estimate of drug-likeness (QED) is 0.416. The zero-order valence-electron chi connectivity index (χ0n) is 6.80. The van der Waals surface area contributed by atoms with Crippen LogP contribution >= 0.6 is 0 Å². The smallest absolute Gasteiger partial charge is 0.0940 e. The van der Waals surface area contributed by atoms with Gasteiger partial charge in [-0.05, 0) is 24.8 Å². The molecule has 2 rings (SSSR count). The van der Waals surface area contributed by atoms with E-state index in [0.29, 0.717) is 5.84 Å². The van der Waals surface area contributed by atoms with Crippen LogP contribution in [0, 0.1) is 11.3 Å². The number of rotatable bonds is 1. The van der Waals surface area contributed by atoms with E-state index < -0.39 is 0 Å². The molecule has 1 heterocycles. The van der Waals surface area contributed by atoms with Gasteiger partial charge in [0.05, 0.1) is 12.0 Å². The molecule has 0 radical (unpaired) electrons. The number of aryl methyl sites for hydroxylation is 1. The SMILES string of the molecule is N=C(N)[C@H]1CCc2[nH]ncc2C1. The lowest BCUT2D eigenvalue weighted by atomic mass is 9.87. The summed E-state index contributed by atoms with van der Waals surface area (Å²) in [6.45, 7) is 0. The molecule has 0 saturated carbocycles. The normalized spacial score (nSPS) is 21.8. The first kappa shape index (κ1) is 7.34. The number of aromatic amines is 1. The molecule has 4 nitrogen and oxygen atoms in total. The molecule has 0 saturated heterocycles. The lowest BCUT2D eigenvalue weighted by molar-refractivity contribution is 0.571. The van der Waals surface area contributed by atoms with E-state index in [0.717, 1.165) is 19.3 Å². The Bertz CT molecular complexity index is 302. The van der Waals surface area contributed by atoms with Crippen molar-refractivity contribution in [1.29, 1.82) is 5.41 Å². The monoisotopic (exact) mass is 164 g/mol. The third-order valence-electron chi connectivity index (χ3n) is 2.46. The van der Waals surface area contributed by atoms with E-state index in [2.05, 4.69) is 10.2 Å². The van der Waals surface area contributed by atoms with E-state index in [4.69, 9.17) is 11.1 Å². The van der Waals surface area contributed by atoms with Gasteiger partial charge in [-0.3, -0.25) is 10.5 Å². The average Bonchev–Trinajstić information content (AvgIpc) is 2.49. The summed E-state index contributed by atoms with van der Waals surface area (Å²) in [5.41, 5.74) is 7.88. The molecule has 1 aromatic rings. The van der Waals surface area contributed by atoms with Gasteiger partial charge < -0.3 is 5.73 Å². The highest BCUT2D eigenvalue weighted by molar-refractivity contribution is 5.80. The van der Waals surface area contributed by atoms with Gasteiger partial charge in [-0.1, -0.05) is 0 Å². The van der Waals surface area contributed by atoms with E-state index in [1.54, 1.807) is 0 Å². The van der Waals surface area contributed by atoms with Crippen molar-refractivity contribution in [2.45, 2.75) is 19.3 Å². The van der Waals surface area contributed by atoms with Crippen LogP contribution in [-0.4, -0.2) is 16.0 Å². The second kappa shape index (κ2) is 2.62. The maximum atomic E-state index is 7.33. The molecular formula is C8H12N4. The zero-order chi connectivity index (χ0) is 8.55. The molecule has 1 aliphatic carbocycles. The highest BCUT2D eigenvalue weighted by Gasteiger charge is 2.21. The first-order chi connectivity index (χ1) is 5.77. The predicted octanol–water partition coefficient (Wildman–Crippen LogP) is 0.451. The Morgan fingerprint density at radius 2 is 2.58 bits per heavy atom. The van der Waals surface area contributed by atoms with Crippen LogP contribution in [0.3, 0.4) is 0 Å². The molecule has 12 heavy (non-hydrogen) atoms. The van der Waals surface area contributed by atoms with Crippen LogP contribution in [0.15, 0.2) is 6.20 Å². The van der Waals surface area contributed by atoms with Gasteiger partial charge in [0.2, 0.25) is 0 Å². The van der Waals surface area contributed by atoms with Crippen molar-refractivity contribution in [3.8, 4) is 0 Å². The molecule has 4 heteroatoms. The van der Waals surface area contributed by atoms with Crippen LogP contribution in [0.25, 0.3) is 0 Å². The second-order valence-corrected chi connectivity index (χ2v) is 3.27. The number of H-pyrrole nitrogens is 1. The molecule has 0 bridgehead atoms. The molecule has 0 aliphatic heterocycles. The molecule has 4 N–H and O–H groups in total. The minimum Gasteiger partial charge on any atom is -0.387 e. The van der Waals surface area contributed by atoms with Crippen LogP contribution < -0.4 is 5.73 Å². The molecular weight excluding hydrogens is 152 g/mol. The Morgan fingerprint density at radius 3 is 3.33 bits per heavy atom. The topological polar surface area (TPSA) is 78.5 Å². The Kier molecular flexibility index (Phi) is 1.60. The minimum atomic E-state index is 0.232. The predicted molar refractivity (Wildman–Crippen MR) is 46.0 cm³/mol. The summed E-state index contributed by atoms with van der Waals surface area (Å²) in [7, 11) is 0. The molecule has 0 unspecified atom stereocenters. The maximum Gasteiger partial charge on any atom is 0.0940 e. The van der Waals surface area contributed by atoms with Gasteiger partial charge in [0.1, 0.15) is 0 Å². The molecule has 1 atom stereocenters. The van der Waals surface area contributed by atoms with Gasteiger partial charge in [0.15, 0.2) is 0 Å². The number of amidine groups is 1. The molecule has 1 aromatic heterocycles. The number of nitrogens with two attached hydrogens (primary N) is 1. The number of hydrogen-bond acceptors (Lipinski definition) is 2. The lowest BCUT2D eigenvalue weighted by Gasteiger charge is -2.19. The van der Waals surface area contributed by atoms with Crippen LogP contribution in [0.1, 0.15) is 17.7 Å². The lowest BCUT2D eigenvalue weighted by Crippen LogP contribution is -2.27. The highest BCUT2D eigenvalue weighted by atomic mass is 15.1. The zero-order valence-corrected chi connectivity index (χ0v) is 6.80. The first-order valence-corrected chi connectivity index (χ1v) is 4.12. The van der Waals surface area contributed by atoms with Gasteiger partial charge in [0, 0.05) is 11.6 Å². The summed E-state index contributed by atoms with van der Waals surface area (Å²) in [6.07, 6.45) is 4.66. The Labute approximate surface area is 70.7 Å². The Morgan fingerprint density at radius 1 is 1.75 bits per heavy atom. The van der Waals surface area contributed by atoms with E-state index in [1.165, 1.54) is 11.3 Å². The largest absolute Gasteiger partial charge is 0.387 e. The van der Waals surface area contributed by atoms with Crippen LogP contribution in [0.4, 0.5) is 0 Å². The van der Waals surface area contributed by atoms with Crippen LogP contribution in [-0.2, 0) is 12.8 Å². The van der Waals surface area contributed by atoms with Crippen molar-refractivity contribution in [1.82, 2.24) is 10.2 Å². The Hall–Kier alpha value is -1.32. The molecule has 0 fully saturated rings.